The van der Waals surface area contributed by atoms with Gasteiger partial charge >= 0.3 is 0 Å². The van der Waals surface area contributed by atoms with Crippen molar-refractivity contribution < 1.29 is 4.79 Å². The van der Waals surface area contributed by atoms with Crippen LogP contribution < -0.4 is 0 Å². The lowest BCUT2D eigenvalue weighted by Gasteiger charge is -2.40. The molecule has 0 saturated carbocycles. The average Bonchev–Trinajstić information content (AvgIpc) is 2.24. The summed E-state index contributed by atoms with van der Waals surface area (Å²) in [7, 11) is 0. The van der Waals surface area contributed by atoms with Gasteiger partial charge < -0.3 is 0 Å². The molecule has 0 fully saturated rings. The lowest BCUT2D eigenvalue weighted by atomic mass is 9.64. The molecule has 2 aliphatic rings. The highest BCUT2D eigenvalue weighted by Crippen LogP contribution is 2.48. The number of hydrogen-bond acceptors (Lipinski definition) is 1. The highest BCUT2D eigenvalue weighted by Gasteiger charge is 2.37. The summed E-state index contributed by atoms with van der Waals surface area (Å²) < 4.78 is 0. The molecule has 1 unspecified atom stereocenters. The largest absolute Gasteiger partial charge is 0.295 e. The zero-order valence-electron chi connectivity index (χ0n) is 10.9. The normalized spacial score (nSPS) is 30.6. The van der Waals surface area contributed by atoms with E-state index < -0.39 is 0 Å². The summed E-state index contributed by atoms with van der Waals surface area (Å²) in [5, 5.41) is 0. The number of hydrogen-bond donors (Lipinski definition) is 0. The van der Waals surface area contributed by atoms with Crippen molar-refractivity contribution >= 4 is 5.78 Å². The Bertz CT molecular complexity index is 384. The molecule has 0 aromatic heterocycles. The Labute approximate surface area is 98.6 Å². The van der Waals surface area contributed by atoms with Crippen LogP contribution in [0.1, 0.15) is 53.4 Å². The number of Topliss-reactive ketones (excluding diaryl/α,β-unsaturated/α-hetero) is 1. The topological polar surface area (TPSA) is 17.1 Å². The van der Waals surface area contributed by atoms with Gasteiger partial charge in [0, 0.05) is 6.42 Å². The summed E-state index contributed by atoms with van der Waals surface area (Å²) >= 11 is 0. The van der Waals surface area contributed by atoms with Crippen LogP contribution in [0.3, 0.4) is 0 Å². The van der Waals surface area contributed by atoms with Gasteiger partial charge in [0.25, 0.3) is 0 Å². The zero-order valence-corrected chi connectivity index (χ0v) is 10.9. The quantitative estimate of drug-likeness (QED) is 0.649. The Morgan fingerprint density at radius 2 is 1.88 bits per heavy atom. The van der Waals surface area contributed by atoms with Crippen LogP contribution in [0, 0.1) is 11.3 Å². The minimum absolute atomic E-state index is 0.274. The Morgan fingerprint density at radius 1 is 1.25 bits per heavy atom. The molecular formula is C15H22O. The zero-order chi connectivity index (χ0) is 11.9. The van der Waals surface area contributed by atoms with Crippen molar-refractivity contribution in [2.45, 2.75) is 53.4 Å². The first-order chi connectivity index (χ1) is 7.44. The van der Waals surface area contributed by atoms with Crippen molar-refractivity contribution in [1.82, 2.24) is 0 Å². The molecule has 0 spiro atoms. The summed E-state index contributed by atoms with van der Waals surface area (Å²) in [4.78, 5) is 11.8. The first-order valence-electron chi connectivity index (χ1n) is 6.39. The fourth-order valence-electron chi connectivity index (χ4n) is 2.99. The van der Waals surface area contributed by atoms with Gasteiger partial charge in [-0.3, -0.25) is 4.79 Å². The van der Waals surface area contributed by atoms with E-state index in [4.69, 9.17) is 0 Å². The van der Waals surface area contributed by atoms with Crippen LogP contribution in [0.15, 0.2) is 22.8 Å². The summed E-state index contributed by atoms with van der Waals surface area (Å²) in [5.74, 6) is 0.968. The summed E-state index contributed by atoms with van der Waals surface area (Å²) in [6, 6.07) is 0. The van der Waals surface area contributed by atoms with Crippen LogP contribution in [0.5, 0.6) is 0 Å². The lowest BCUT2D eigenvalue weighted by molar-refractivity contribution is -0.116. The highest BCUT2D eigenvalue weighted by molar-refractivity contribution is 5.97. The number of rotatable bonds is 1. The monoisotopic (exact) mass is 218 g/mol. The molecule has 2 rings (SSSR count). The van der Waals surface area contributed by atoms with Crippen LogP contribution in [-0.4, -0.2) is 5.78 Å². The van der Waals surface area contributed by atoms with Gasteiger partial charge in [0.2, 0.25) is 0 Å². The standard InChI is InChI=1S/C15H22O/c1-10(2)12-5-7-15(4)8-6-14(16)11(3)13(15)9-12/h9-10H,5-8H2,1-4H3. The van der Waals surface area contributed by atoms with Gasteiger partial charge in [-0.2, -0.15) is 0 Å². The van der Waals surface area contributed by atoms with Gasteiger partial charge in [0.1, 0.15) is 0 Å². The third-order valence-corrected chi connectivity index (χ3v) is 4.41. The molecule has 0 aromatic rings. The maximum absolute atomic E-state index is 11.8. The van der Waals surface area contributed by atoms with Crippen LogP contribution in [0.25, 0.3) is 0 Å². The van der Waals surface area contributed by atoms with Crippen molar-refractivity contribution in [3.05, 3.63) is 22.8 Å². The predicted molar refractivity (Wildman–Crippen MR) is 67.2 cm³/mol. The van der Waals surface area contributed by atoms with Crippen molar-refractivity contribution in [3.63, 3.8) is 0 Å². The van der Waals surface area contributed by atoms with Gasteiger partial charge in [-0.15, -0.1) is 0 Å². The summed E-state index contributed by atoms with van der Waals surface area (Å²) in [5.41, 5.74) is 4.14. The number of allylic oxidation sites excluding steroid dienone is 4. The Kier molecular flexibility index (Phi) is 2.81. The van der Waals surface area contributed by atoms with Crippen LogP contribution in [-0.2, 0) is 4.79 Å². The highest BCUT2D eigenvalue weighted by atomic mass is 16.1. The molecule has 0 heterocycles. The van der Waals surface area contributed by atoms with E-state index in [0.717, 1.165) is 18.4 Å². The van der Waals surface area contributed by atoms with E-state index in [0.29, 0.717) is 11.7 Å². The van der Waals surface area contributed by atoms with Crippen LogP contribution >= 0.6 is 0 Å². The molecule has 0 aliphatic heterocycles. The second-order valence-electron chi connectivity index (χ2n) is 5.90. The van der Waals surface area contributed by atoms with Gasteiger partial charge in [-0.1, -0.05) is 32.4 Å². The number of carbonyl (C=O) groups is 1. The number of carbonyl (C=O) groups excluding carboxylic acids is 1. The third-order valence-electron chi connectivity index (χ3n) is 4.41. The molecule has 0 radical (unpaired) electrons. The first-order valence-corrected chi connectivity index (χ1v) is 6.39. The SMILES string of the molecule is CC1=C2C=C(C(C)C)CCC2(C)CCC1=O. The van der Waals surface area contributed by atoms with Crippen molar-refractivity contribution in [1.29, 1.82) is 0 Å². The lowest BCUT2D eigenvalue weighted by Crippen LogP contribution is -2.30. The van der Waals surface area contributed by atoms with Crippen LogP contribution in [0.2, 0.25) is 0 Å². The van der Waals surface area contributed by atoms with Crippen molar-refractivity contribution in [2.24, 2.45) is 11.3 Å². The van der Waals surface area contributed by atoms with E-state index in [2.05, 4.69) is 26.8 Å². The van der Waals surface area contributed by atoms with E-state index in [1.165, 1.54) is 24.0 Å². The molecule has 2 aliphatic carbocycles. The molecule has 0 amide bonds. The van der Waals surface area contributed by atoms with Gasteiger partial charge in [-0.05, 0) is 48.7 Å². The Balaban J connectivity index is 2.48. The Morgan fingerprint density at radius 3 is 2.50 bits per heavy atom. The fourth-order valence-corrected chi connectivity index (χ4v) is 2.99. The molecule has 1 atom stereocenters. The third kappa shape index (κ3) is 1.77. The van der Waals surface area contributed by atoms with E-state index in [1.807, 2.05) is 6.92 Å². The molecule has 16 heavy (non-hydrogen) atoms. The molecular weight excluding hydrogens is 196 g/mol. The first kappa shape index (κ1) is 11.6. The van der Waals surface area contributed by atoms with Crippen LogP contribution in [0.4, 0.5) is 0 Å². The van der Waals surface area contributed by atoms with E-state index in [9.17, 15) is 4.79 Å². The second kappa shape index (κ2) is 3.87. The predicted octanol–water partition coefficient (Wildman–Crippen LogP) is 4.05. The number of ketones is 1. The minimum Gasteiger partial charge on any atom is -0.295 e. The fraction of sp³-hybridized carbons (Fsp3) is 0.667. The molecule has 0 saturated heterocycles. The van der Waals surface area contributed by atoms with E-state index in [1.54, 1.807) is 0 Å². The van der Waals surface area contributed by atoms with E-state index >= 15 is 0 Å². The van der Waals surface area contributed by atoms with Gasteiger partial charge in [0.05, 0.1) is 0 Å². The van der Waals surface area contributed by atoms with Crippen molar-refractivity contribution in [2.75, 3.05) is 0 Å². The maximum atomic E-state index is 11.8. The number of fused-ring (bicyclic) bond motifs is 1. The average molecular weight is 218 g/mol. The minimum atomic E-state index is 0.274. The summed E-state index contributed by atoms with van der Waals surface area (Å²) in [6.07, 6.45) is 6.54. The van der Waals surface area contributed by atoms with Gasteiger partial charge in [0.15, 0.2) is 5.78 Å². The molecule has 0 aromatic carbocycles. The molecule has 88 valence electrons. The molecule has 1 heteroatoms. The Hall–Kier alpha value is -0.850. The smallest absolute Gasteiger partial charge is 0.158 e. The maximum Gasteiger partial charge on any atom is 0.158 e. The summed E-state index contributed by atoms with van der Waals surface area (Å²) in [6.45, 7) is 8.82. The molecule has 0 bridgehead atoms. The molecule has 0 N–H and O–H groups in total. The second-order valence-corrected chi connectivity index (χ2v) is 5.90. The van der Waals surface area contributed by atoms with Gasteiger partial charge in [-0.25, -0.2) is 0 Å². The van der Waals surface area contributed by atoms with E-state index in [-0.39, 0.29) is 5.41 Å². The van der Waals surface area contributed by atoms with Crippen molar-refractivity contribution in [3.8, 4) is 0 Å². The molecule has 1 nitrogen and oxygen atoms in total.